The van der Waals surface area contributed by atoms with Gasteiger partial charge in [-0.1, -0.05) is 26.0 Å². The number of nitrogens with one attached hydrogen (secondary N) is 1. The minimum Gasteiger partial charge on any atom is -0.377 e. The van der Waals surface area contributed by atoms with Crippen molar-refractivity contribution in [2.75, 3.05) is 26.4 Å². The summed E-state index contributed by atoms with van der Waals surface area (Å²) in [5, 5.41) is 2.89. The van der Waals surface area contributed by atoms with E-state index in [1.165, 1.54) is 0 Å². The van der Waals surface area contributed by atoms with E-state index < -0.39 is 5.54 Å². The van der Waals surface area contributed by atoms with Gasteiger partial charge >= 0.3 is 0 Å². The number of rotatable bonds is 6. The van der Waals surface area contributed by atoms with Crippen molar-refractivity contribution in [1.82, 2.24) is 5.32 Å². The van der Waals surface area contributed by atoms with Crippen molar-refractivity contribution in [1.29, 1.82) is 0 Å². The second kappa shape index (κ2) is 5.47. The first-order valence-electron chi connectivity index (χ1n) is 7.22. The van der Waals surface area contributed by atoms with Crippen LogP contribution in [0, 0.1) is 11.3 Å². The Morgan fingerprint density at radius 1 is 1.55 bits per heavy atom. The van der Waals surface area contributed by atoms with Crippen LogP contribution in [0.3, 0.4) is 0 Å². The minimum absolute atomic E-state index is 0.0897. The fraction of sp³-hybridized carbons (Fsp3) is 0.800. The minimum atomic E-state index is -0.831. The predicted octanol–water partition coefficient (Wildman–Crippen LogP) is 0.838. The van der Waals surface area contributed by atoms with E-state index in [4.69, 9.17) is 15.2 Å². The molecule has 5 nitrogen and oxygen atoms in total. The predicted molar refractivity (Wildman–Crippen MR) is 77.2 cm³/mol. The third-order valence-electron chi connectivity index (χ3n) is 4.71. The molecule has 0 bridgehead atoms. The van der Waals surface area contributed by atoms with Crippen molar-refractivity contribution >= 4 is 5.91 Å². The Bertz CT molecular complexity index is 408. The van der Waals surface area contributed by atoms with Gasteiger partial charge < -0.3 is 20.5 Å². The summed E-state index contributed by atoms with van der Waals surface area (Å²) in [5.41, 5.74) is 6.24. The Labute approximate surface area is 120 Å². The lowest BCUT2D eigenvalue weighted by molar-refractivity contribution is -0.175. The molecule has 1 aliphatic carbocycles. The third kappa shape index (κ3) is 2.28. The second-order valence-corrected chi connectivity index (χ2v) is 6.54. The fourth-order valence-electron chi connectivity index (χ4n) is 3.47. The average Bonchev–Trinajstić information content (AvgIpc) is 2.84. The zero-order valence-electron chi connectivity index (χ0n) is 12.7. The number of fused-ring (bicyclic) bond motifs is 1. The van der Waals surface area contributed by atoms with Gasteiger partial charge in [0.1, 0.15) is 5.54 Å². The van der Waals surface area contributed by atoms with Gasteiger partial charge in [-0.25, -0.2) is 0 Å². The zero-order chi connectivity index (χ0) is 15.0. The summed E-state index contributed by atoms with van der Waals surface area (Å²) in [4.78, 5) is 12.4. The lowest BCUT2D eigenvalue weighted by Crippen LogP contribution is -2.80. The molecule has 0 spiro atoms. The highest BCUT2D eigenvalue weighted by Crippen LogP contribution is 2.58. The van der Waals surface area contributed by atoms with Crippen molar-refractivity contribution < 1.29 is 14.3 Å². The first-order chi connectivity index (χ1) is 9.31. The maximum absolute atomic E-state index is 12.4. The molecule has 5 heteroatoms. The van der Waals surface area contributed by atoms with Crippen molar-refractivity contribution in [3.63, 3.8) is 0 Å². The zero-order valence-corrected chi connectivity index (χ0v) is 12.7. The van der Waals surface area contributed by atoms with Gasteiger partial charge in [0, 0.05) is 24.5 Å². The average molecular weight is 282 g/mol. The summed E-state index contributed by atoms with van der Waals surface area (Å²) in [7, 11) is 0. The van der Waals surface area contributed by atoms with E-state index in [1.54, 1.807) is 0 Å². The summed E-state index contributed by atoms with van der Waals surface area (Å²) in [6.45, 7) is 11.9. The van der Waals surface area contributed by atoms with Crippen LogP contribution in [0.1, 0.15) is 27.2 Å². The van der Waals surface area contributed by atoms with Crippen LogP contribution >= 0.6 is 0 Å². The van der Waals surface area contributed by atoms with Crippen molar-refractivity contribution in [2.24, 2.45) is 17.1 Å². The number of nitrogens with two attached hydrogens (primary N) is 1. The number of carbonyl (C=O) groups is 1. The Balaban J connectivity index is 1.84. The normalized spacial score (nSPS) is 34.2. The van der Waals surface area contributed by atoms with E-state index >= 15 is 0 Å². The van der Waals surface area contributed by atoms with Gasteiger partial charge in [0.15, 0.2) is 0 Å². The van der Waals surface area contributed by atoms with Crippen molar-refractivity contribution in [3.8, 4) is 0 Å². The first-order valence-corrected chi connectivity index (χ1v) is 7.22. The largest absolute Gasteiger partial charge is 0.377 e. The number of carbonyl (C=O) groups excluding carboxylic acids is 1. The van der Waals surface area contributed by atoms with Crippen LogP contribution in [-0.4, -0.2) is 43.9 Å². The highest BCUT2D eigenvalue weighted by molar-refractivity contribution is 5.89. The summed E-state index contributed by atoms with van der Waals surface area (Å²) in [6, 6.07) is 0. The smallest absolute Gasteiger partial charge is 0.241 e. The number of amides is 1. The summed E-state index contributed by atoms with van der Waals surface area (Å²) >= 11 is 0. The molecule has 114 valence electrons. The monoisotopic (exact) mass is 282 g/mol. The van der Waals surface area contributed by atoms with Crippen molar-refractivity contribution in [2.45, 2.75) is 38.8 Å². The fourth-order valence-corrected chi connectivity index (χ4v) is 3.47. The van der Waals surface area contributed by atoms with Gasteiger partial charge in [0.25, 0.3) is 0 Å². The highest BCUT2D eigenvalue weighted by atomic mass is 16.5. The van der Waals surface area contributed by atoms with Crippen LogP contribution in [0.15, 0.2) is 12.2 Å². The Kier molecular flexibility index (Phi) is 4.23. The second-order valence-electron chi connectivity index (χ2n) is 6.54. The molecule has 20 heavy (non-hydrogen) atoms. The van der Waals surface area contributed by atoms with E-state index in [1.807, 2.05) is 20.8 Å². The molecule has 0 aromatic rings. The Hall–Kier alpha value is -0.910. The van der Waals surface area contributed by atoms with E-state index in [9.17, 15) is 4.79 Å². The maximum Gasteiger partial charge on any atom is 0.241 e. The van der Waals surface area contributed by atoms with Crippen LogP contribution in [-0.2, 0) is 14.3 Å². The van der Waals surface area contributed by atoms with E-state index in [-0.39, 0.29) is 23.3 Å². The molecule has 2 aliphatic rings. The van der Waals surface area contributed by atoms with Crippen LogP contribution in [0.4, 0.5) is 0 Å². The van der Waals surface area contributed by atoms with Gasteiger partial charge in [0.2, 0.25) is 5.91 Å². The van der Waals surface area contributed by atoms with Gasteiger partial charge in [-0.15, -0.1) is 0 Å². The topological polar surface area (TPSA) is 73.6 Å². The van der Waals surface area contributed by atoms with Gasteiger partial charge in [-0.3, -0.25) is 4.79 Å². The quantitative estimate of drug-likeness (QED) is 0.559. The molecule has 0 aromatic heterocycles. The molecule has 1 heterocycles. The van der Waals surface area contributed by atoms with Gasteiger partial charge in [-0.2, -0.15) is 0 Å². The number of ether oxygens (including phenoxy) is 2. The summed E-state index contributed by atoms with van der Waals surface area (Å²) in [5.74, 6) is 0.0435. The molecule has 1 saturated heterocycles. The number of hydrogen-bond donors (Lipinski definition) is 2. The number of hydrogen-bond acceptors (Lipinski definition) is 4. The maximum atomic E-state index is 12.4. The molecule has 2 rings (SSSR count). The Morgan fingerprint density at radius 2 is 2.25 bits per heavy atom. The molecule has 0 aromatic carbocycles. The third-order valence-corrected chi connectivity index (χ3v) is 4.71. The van der Waals surface area contributed by atoms with Crippen LogP contribution in [0.2, 0.25) is 0 Å². The van der Waals surface area contributed by atoms with Crippen LogP contribution < -0.4 is 11.1 Å². The van der Waals surface area contributed by atoms with E-state index in [0.717, 1.165) is 12.0 Å². The molecule has 3 unspecified atom stereocenters. The van der Waals surface area contributed by atoms with Crippen LogP contribution in [0.5, 0.6) is 0 Å². The summed E-state index contributed by atoms with van der Waals surface area (Å²) in [6.07, 6.45) is 0.974. The standard InChI is InChI=1S/C15H26N2O3/c1-10(2)9-19-8-6-17-13(18)15(16)11-5-7-20-12(11)14(15,3)4/h11-12H,1,5-9,16H2,2-4H3,(H,17,18). The molecule has 2 fully saturated rings. The molecule has 3 atom stereocenters. The van der Waals surface area contributed by atoms with Gasteiger partial charge in [-0.05, 0) is 13.3 Å². The molecular formula is C15H26N2O3. The molecular weight excluding hydrogens is 256 g/mol. The molecule has 1 aliphatic heterocycles. The van der Waals surface area contributed by atoms with E-state index in [0.29, 0.717) is 26.4 Å². The SMILES string of the molecule is C=C(C)COCCNC(=O)C1(N)C2CCOC2C1(C)C. The lowest BCUT2D eigenvalue weighted by Gasteiger charge is -2.60. The van der Waals surface area contributed by atoms with Crippen molar-refractivity contribution in [3.05, 3.63) is 12.2 Å². The van der Waals surface area contributed by atoms with E-state index in [2.05, 4.69) is 11.9 Å². The first kappa shape index (κ1) is 15.5. The molecule has 1 amide bonds. The summed E-state index contributed by atoms with van der Waals surface area (Å²) < 4.78 is 11.1. The van der Waals surface area contributed by atoms with Gasteiger partial charge in [0.05, 0.1) is 19.3 Å². The molecule has 0 radical (unpaired) electrons. The Morgan fingerprint density at radius 3 is 2.90 bits per heavy atom. The van der Waals surface area contributed by atoms with Crippen LogP contribution in [0.25, 0.3) is 0 Å². The lowest BCUT2D eigenvalue weighted by atomic mass is 9.48. The molecule has 3 N–H and O–H groups in total. The highest BCUT2D eigenvalue weighted by Gasteiger charge is 2.71. The molecule has 1 saturated carbocycles.